The second-order valence-electron chi connectivity index (χ2n) is 11.6. The van der Waals surface area contributed by atoms with Gasteiger partial charge in [-0.15, -0.1) is 11.3 Å². The predicted octanol–water partition coefficient (Wildman–Crippen LogP) is 4.85. The van der Waals surface area contributed by atoms with Gasteiger partial charge in [0.1, 0.15) is 12.1 Å². The fourth-order valence-corrected chi connectivity index (χ4v) is 5.80. The van der Waals surface area contributed by atoms with Crippen LogP contribution in [0.25, 0.3) is 10.4 Å². The molecule has 1 aliphatic rings. The van der Waals surface area contributed by atoms with E-state index in [4.69, 9.17) is 5.11 Å². The Labute approximate surface area is 240 Å². The molecule has 0 aliphatic carbocycles. The minimum absolute atomic E-state index is 0.0830. The Morgan fingerprint density at radius 2 is 1.75 bits per heavy atom. The van der Waals surface area contributed by atoms with E-state index in [0.29, 0.717) is 32.2 Å². The molecular weight excluding hydrogens is 528 g/mol. The molecule has 0 bridgehead atoms. The van der Waals surface area contributed by atoms with Crippen LogP contribution < -0.4 is 10.6 Å². The summed E-state index contributed by atoms with van der Waals surface area (Å²) < 4.78 is 0. The number of aliphatic carboxylic acids is 1. The monoisotopic (exact) mass is 570 g/mol. The highest BCUT2D eigenvalue weighted by atomic mass is 32.1. The van der Waals surface area contributed by atoms with Crippen molar-refractivity contribution in [2.24, 2.45) is 5.41 Å². The molecule has 2 heterocycles. The number of aromatic nitrogens is 1. The first-order valence-electron chi connectivity index (χ1n) is 14.0. The number of carboxylic acid groups (broad SMARTS) is 1. The van der Waals surface area contributed by atoms with Gasteiger partial charge in [-0.1, -0.05) is 51.5 Å². The van der Waals surface area contributed by atoms with Gasteiger partial charge in [-0.2, -0.15) is 0 Å². The lowest BCUT2D eigenvalue weighted by Gasteiger charge is -2.35. The Bertz CT molecular complexity index is 1190. The summed E-state index contributed by atoms with van der Waals surface area (Å²) >= 11 is 1.60. The standard InChI is InChI=1S/C30H42N4O5S/c1-19(21-13-15-22(16-14-21)26-20(2)31-18-40-26)32-28(38)23-10-9-17-34(23)29(39)27(30(3,4)5)33-24(35)11-7-6-8-12-25(36)37/h13-16,18-19,23,27H,6-12,17H2,1-5H3,(H,32,38)(H,33,35)(H,36,37). The molecule has 1 fully saturated rings. The Morgan fingerprint density at radius 1 is 1.07 bits per heavy atom. The maximum atomic E-state index is 13.7. The Hall–Kier alpha value is -3.27. The van der Waals surface area contributed by atoms with Gasteiger partial charge in [-0.25, -0.2) is 4.98 Å². The Morgan fingerprint density at radius 3 is 2.35 bits per heavy atom. The third kappa shape index (κ3) is 8.36. The van der Waals surface area contributed by atoms with E-state index in [1.165, 1.54) is 0 Å². The highest BCUT2D eigenvalue weighted by molar-refractivity contribution is 7.13. The minimum Gasteiger partial charge on any atom is -0.481 e. The second-order valence-corrected chi connectivity index (χ2v) is 12.5. The highest BCUT2D eigenvalue weighted by Gasteiger charge is 2.42. The van der Waals surface area contributed by atoms with Gasteiger partial charge in [-0.3, -0.25) is 19.2 Å². The van der Waals surface area contributed by atoms with E-state index in [0.717, 1.165) is 28.1 Å². The van der Waals surface area contributed by atoms with E-state index >= 15 is 0 Å². The minimum atomic E-state index is -0.846. The van der Waals surface area contributed by atoms with Crippen molar-refractivity contribution in [1.29, 1.82) is 0 Å². The summed E-state index contributed by atoms with van der Waals surface area (Å²) in [7, 11) is 0. The van der Waals surface area contributed by atoms with Crippen LogP contribution in [0.15, 0.2) is 29.8 Å². The molecule has 1 saturated heterocycles. The SMILES string of the molecule is Cc1ncsc1-c1ccc(C(C)NC(=O)C2CCCN2C(=O)C(NC(=O)CCCCCC(=O)O)C(C)(C)C)cc1. The molecule has 3 rings (SSSR count). The zero-order valence-electron chi connectivity index (χ0n) is 24.2. The van der Waals surface area contributed by atoms with Gasteiger partial charge in [0.05, 0.1) is 22.1 Å². The number of amides is 3. The van der Waals surface area contributed by atoms with E-state index in [-0.39, 0.29) is 36.6 Å². The molecule has 3 atom stereocenters. The van der Waals surface area contributed by atoms with Crippen LogP contribution in [0.5, 0.6) is 0 Å². The van der Waals surface area contributed by atoms with Crippen molar-refractivity contribution in [3.63, 3.8) is 0 Å². The molecule has 40 heavy (non-hydrogen) atoms. The molecule has 2 aromatic rings. The number of aryl methyl sites for hydroxylation is 1. The molecule has 0 saturated carbocycles. The van der Waals surface area contributed by atoms with Gasteiger partial charge in [0.2, 0.25) is 17.7 Å². The fourth-order valence-electron chi connectivity index (χ4n) is 4.98. The van der Waals surface area contributed by atoms with E-state index in [1.807, 2.05) is 64.4 Å². The molecule has 0 radical (unpaired) electrons. The van der Waals surface area contributed by atoms with Crippen molar-refractivity contribution in [1.82, 2.24) is 20.5 Å². The predicted molar refractivity (Wildman–Crippen MR) is 156 cm³/mol. The number of hydrogen-bond acceptors (Lipinski definition) is 6. The number of hydrogen-bond donors (Lipinski definition) is 3. The lowest BCUT2D eigenvalue weighted by atomic mass is 9.85. The van der Waals surface area contributed by atoms with Crippen molar-refractivity contribution >= 4 is 35.0 Å². The Balaban J connectivity index is 1.60. The van der Waals surface area contributed by atoms with Crippen molar-refractivity contribution < 1.29 is 24.3 Å². The quantitative estimate of drug-likeness (QED) is 0.313. The number of nitrogens with one attached hydrogen (secondary N) is 2. The number of nitrogens with zero attached hydrogens (tertiary/aromatic N) is 2. The van der Waals surface area contributed by atoms with Crippen molar-refractivity contribution in [3.05, 3.63) is 41.0 Å². The molecule has 1 aliphatic heterocycles. The maximum Gasteiger partial charge on any atom is 0.303 e. The largest absolute Gasteiger partial charge is 0.481 e. The average molecular weight is 571 g/mol. The van der Waals surface area contributed by atoms with Crippen LogP contribution in [0.1, 0.15) is 89.9 Å². The van der Waals surface area contributed by atoms with Crippen molar-refractivity contribution in [2.75, 3.05) is 6.54 Å². The number of carbonyl (C=O) groups excluding carboxylic acids is 3. The molecule has 3 N–H and O–H groups in total. The van der Waals surface area contributed by atoms with Crippen LogP contribution in [0.2, 0.25) is 0 Å². The molecule has 10 heteroatoms. The topological polar surface area (TPSA) is 129 Å². The maximum absolute atomic E-state index is 13.7. The molecule has 3 unspecified atom stereocenters. The highest BCUT2D eigenvalue weighted by Crippen LogP contribution is 2.29. The lowest BCUT2D eigenvalue weighted by Crippen LogP contribution is -2.57. The number of carbonyl (C=O) groups is 4. The smallest absolute Gasteiger partial charge is 0.303 e. The summed E-state index contributed by atoms with van der Waals surface area (Å²) in [6, 6.07) is 6.48. The third-order valence-electron chi connectivity index (χ3n) is 7.33. The summed E-state index contributed by atoms with van der Waals surface area (Å²) in [5.74, 6) is -1.53. The zero-order chi connectivity index (χ0) is 29.4. The zero-order valence-corrected chi connectivity index (χ0v) is 25.0. The summed E-state index contributed by atoms with van der Waals surface area (Å²) in [5, 5.41) is 14.7. The summed E-state index contributed by atoms with van der Waals surface area (Å²) in [6.07, 6.45) is 3.30. The number of thiazole rings is 1. The van der Waals surface area contributed by atoms with E-state index in [1.54, 1.807) is 16.2 Å². The van der Waals surface area contributed by atoms with Crippen LogP contribution in [0.4, 0.5) is 0 Å². The van der Waals surface area contributed by atoms with Gasteiger partial charge >= 0.3 is 5.97 Å². The summed E-state index contributed by atoms with van der Waals surface area (Å²) in [4.78, 5) is 57.4. The second kappa shape index (κ2) is 13.9. The molecule has 3 amide bonds. The van der Waals surface area contributed by atoms with Gasteiger partial charge < -0.3 is 20.6 Å². The van der Waals surface area contributed by atoms with Crippen LogP contribution in [0, 0.1) is 12.3 Å². The lowest BCUT2D eigenvalue weighted by molar-refractivity contribution is -0.144. The van der Waals surface area contributed by atoms with E-state index in [2.05, 4.69) is 15.6 Å². The molecular formula is C30H42N4O5S. The molecule has 1 aromatic carbocycles. The first kappa shape index (κ1) is 31.3. The molecule has 9 nitrogen and oxygen atoms in total. The number of rotatable bonds is 12. The van der Waals surface area contributed by atoms with Gasteiger partial charge in [0.15, 0.2) is 0 Å². The molecule has 1 aromatic heterocycles. The third-order valence-corrected chi connectivity index (χ3v) is 8.31. The average Bonchev–Trinajstić information content (AvgIpc) is 3.55. The summed E-state index contributed by atoms with van der Waals surface area (Å²) in [5.41, 5.74) is 4.33. The van der Waals surface area contributed by atoms with E-state index < -0.39 is 23.5 Å². The van der Waals surface area contributed by atoms with Crippen LogP contribution in [-0.4, -0.2) is 57.3 Å². The fraction of sp³-hybridized carbons (Fsp3) is 0.567. The van der Waals surface area contributed by atoms with Crippen LogP contribution in [0.3, 0.4) is 0 Å². The normalized spacial score (nSPS) is 16.8. The first-order valence-corrected chi connectivity index (χ1v) is 14.9. The molecule has 218 valence electrons. The first-order chi connectivity index (χ1) is 18.9. The number of likely N-dealkylation sites (tertiary alicyclic amines) is 1. The van der Waals surface area contributed by atoms with Gasteiger partial charge in [-0.05, 0) is 56.1 Å². The Kier molecular flexibility index (Phi) is 10.8. The van der Waals surface area contributed by atoms with Crippen molar-refractivity contribution in [3.8, 4) is 10.4 Å². The number of benzene rings is 1. The van der Waals surface area contributed by atoms with Crippen LogP contribution >= 0.6 is 11.3 Å². The van der Waals surface area contributed by atoms with E-state index in [9.17, 15) is 19.2 Å². The number of unbranched alkanes of at least 4 members (excludes halogenated alkanes) is 2. The van der Waals surface area contributed by atoms with Crippen molar-refractivity contribution in [2.45, 2.75) is 97.7 Å². The van der Waals surface area contributed by atoms with Gasteiger partial charge in [0, 0.05) is 19.4 Å². The number of carboxylic acids is 1. The summed E-state index contributed by atoms with van der Waals surface area (Å²) in [6.45, 7) is 10.1. The van der Waals surface area contributed by atoms with Gasteiger partial charge in [0.25, 0.3) is 0 Å². The molecule has 0 spiro atoms. The van der Waals surface area contributed by atoms with Crippen LogP contribution in [-0.2, 0) is 19.2 Å².